The van der Waals surface area contributed by atoms with Crippen molar-refractivity contribution in [3.8, 4) is 5.75 Å². The van der Waals surface area contributed by atoms with Gasteiger partial charge in [0.2, 0.25) is 0 Å². The number of ketones is 1. The summed E-state index contributed by atoms with van der Waals surface area (Å²) in [5.41, 5.74) is 1.16. The molecule has 0 amide bonds. The number of rotatable bonds is 11. The van der Waals surface area contributed by atoms with Crippen LogP contribution in [0, 0.1) is 6.92 Å². The summed E-state index contributed by atoms with van der Waals surface area (Å²) in [5.74, 6) is 0.686. The number of thiophene rings is 1. The Morgan fingerprint density at radius 2 is 2.00 bits per heavy atom. The lowest BCUT2D eigenvalue weighted by molar-refractivity contribution is 0.0957. The molecule has 2 rings (SSSR count). The number of nitrogens with one attached hydrogen (secondary N) is 1. The molecule has 0 saturated carbocycles. The molecule has 1 aromatic heterocycles. The molecule has 0 aliphatic carbocycles. The molecule has 7 heteroatoms. The quantitative estimate of drug-likeness (QED) is 0.386. The van der Waals surface area contributed by atoms with Gasteiger partial charge < -0.3 is 15.2 Å². The lowest BCUT2D eigenvalue weighted by Gasteiger charge is -2.13. The maximum absolute atomic E-state index is 12.6. The van der Waals surface area contributed by atoms with Crippen LogP contribution in [0.3, 0.4) is 0 Å². The maximum atomic E-state index is 12.6. The van der Waals surface area contributed by atoms with Crippen molar-refractivity contribution in [1.82, 2.24) is 5.32 Å². The molecule has 0 radical (unpaired) electrons. The molecule has 2 aromatic rings. The van der Waals surface area contributed by atoms with Crippen molar-refractivity contribution in [1.29, 1.82) is 0 Å². The Kier molecular flexibility index (Phi) is 12.0. The third-order valence-electron chi connectivity index (χ3n) is 3.80. The van der Waals surface area contributed by atoms with Crippen LogP contribution in [0.2, 0.25) is 0 Å². The van der Waals surface area contributed by atoms with Crippen LogP contribution < -0.4 is 10.1 Å². The smallest absolute Gasteiger partial charge is 0.176 e. The number of ether oxygens (including phenoxy) is 1. The van der Waals surface area contributed by atoms with E-state index in [2.05, 4.69) is 24.1 Å². The summed E-state index contributed by atoms with van der Waals surface area (Å²) in [7, 11) is 0. The first-order valence-electron chi connectivity index (χ1n) is 8.96. The Bertz CT molecular complexity index is 663. The molecule has 5 nitrogen and oxygen atoms in total. The van der Waals surface area contributed by atoms with E-state index in [4.69, 9.17) is 9.40 Å². The monoisotopic (exact) mass is 413 g/mol. The number of Topliss-reactive ketones (excluding diaryl/α,β-unsaturated/α-hetero) is 1. The van der Waals surface area contributed by atoms with Crippen molar-refractivity contribution in [2.24, 2.45) is 0 Å². The summed E-state index contributed by atoms with van der Waals surface area (Å²) in [5, 5.41) is 13.1. The fourth-order valence-electron chi connectivity index (χ4n) is 2.50. The number of benzene rings is 1. The summed E-state index contributed by atoms with van der Waals surface area (Å²) in [6.45, 7) is 5.60. The van der Waals surface area contributed by atoms with Crippen molar-refractivity contribution in [2.75, 3.05) is 19.7 Å². The van der Waals surface area contributed by atoms with Gasteiger partial charge in [-0.25, -0.2) is 0 Å². The third kappa shape index (κ3) is 8.86. The highest BCUT2D eigenvalue weighted by atomic mass is 35.5. The number of hydrogen-bond acceptors (Lipinski definition) is 6. The number of halogens is 1. The molecule has 0 saturated heterocycles. The first-order valence-corrected chi connectivity index (χ1v) is 10.1. The topological polar surface area (TPSA) is 78.8 Å². The highest BCUT2D eigenvalue weighted by Gasteiger charge is 2.17. The van der Waals surface area contributed by atoms with E-state index >= 15 is 0 Å². The summed E-state index contributed by atoms with van der Waals surface area (Å²) in [4.78, 5) is 14.3. The van der Waals surface area contributed by atoms with E-state index in [1.807, 2.05) is 43.3 Å². The SMILES string of the molecule is CCCNCC(O)COc1cc(C)sc1C(=O)CCc1ccccc1.OCl. The molecule has 27 heavy (non-hydrogen) atoms. The molecule has 1 aromatic carbocycles. The van der Waals surface area contributed by atoms with Crippen molar-refractivity contribution < 1.29 is 19.3 Å². The van der Waals surface area contributed by atoms with Crippen LogP contribution in [-0.4, -0.2) is 41.3 Å². The van der Waals surface area contributed by atoms with Gasteiger partial charge in [0, 0.05) is 17.8 Å². The summed E-state index contributed by atoms with van der Waals surface area (Å²) < 4.78 is 12.2. The van der Waals surface area contributed by atoms with E-state index in [-0.39, 0.29) is 12.4 Å². The number of carbonyl (C=O) groups excluding carboxylic acids is 1. The highest BCUT2D eigenvalue weighted by molar-refractivity contribution is 7.14. The minimum Gasteiger partial charge on any atom is -0.489 e. The van der Waals surface area contributed by atoms with Crippen molar-refractivity contribution in [3.63, 3.8) is 0 Å². The van der Waals surface area contributed by atoms with E-state index in [0.29, 0.717) is 23.6 Å². The van der Waals surface area contributed by atoms with Gasteiger partial charge in [-0.2, -0.15) is 0 Å². The Labute approximate surface area is 170 Å². The second-order valence-electron chi connectivity index (χ2n) is 6.13. The molecule has 3 N–H and O–H groups in total. The van der Waals surface area contributed by atoms with E-state index < -0.39 is 6.10 Å². The van der Waals surface area contributed by atoms with Gasteiger partial charge in [0.1, 0.15) is 23.3 Å². The van der Waals surface area contributed by atoms with Gasteiger partial charge in [-0.15, -0.1) is 11.3 Å². The third-order valence-corrected chi connectivity index (χ3v) is 4.87. The zero-order chi connectivity index (χ0) is 20.1. The van der Waals surface area contributed by atoms with Crippen LogP contribution in [0.4, 0.5) is 0 Å². The standard InChI is InChI=1S/C20H27NO3S.ClHO/c1-3-11-21-13-17(22)14-24-19-12-15(2)25-20(19)18(23)10-9-16-7-5-4-6-8-16;1-2/h4-8,12,17,21-22H,3,9-11,13-14H2,1-2H3;2H. The normalized spacial score (nSPS) is 11.4. The zero-order valence-corrected chi connectivity index (χ0v) is 17.4. The lowest BCUT2D eigenvalue weighted by Crippen LogP contribution is -2.31. The van der Waals surface area contributed by atoms with Crippen LogP contribution >= 0.6 is 23.2 Å². The minimum atomic E-state index is -0.584. The lowest BCUT2D eigenvalue weighted by atomic mass is 10.1. The molecule has 0 fully saturated rings. The van der Waals surface area contributed by atoms with E-state index in [1.165, 1.54) is 11.3 Å². The van der Waals surface area contributed by atoms with Gasteiger partial charge in [-0.1, -0.05) is 37.3 Å². The molecule has 1 unspecified atom stereocenters. The molecule has 150 valence electrons. The predicted molar refractivity (Wildman–Crippen MR) is 111 cm³/mol. The molecule has 1 heterocycles. The van der Waals surface area contributed by atoms with E-state index in [9.17, 15) is 9.90 Å². The average molecular weight is 414 g/mol. The van der Waals surface area contributed by atoms with Gasteiger partial charge in [0.05, 0.1) is 11.9 Å². The van der Waals surface area contributed by atoms with Gasteiger partial charge in [0.25, 0.3) is 0 Å². The van der Waals surface area contributed by atoms with Crippen LogP contribution in [0.25, 0.3) is 0 Å². The number of aliphatic hydroxyl groups excluding tert-OH is 1. The largest absolute Gasteiger partial charge is 0.489 e. The molecule has 1 atom stereocenters. The van der Waals surface area contributed by atoms with Crippen LogP contribution in [0.1, 0.15) is 39.9 Å². The average Bonchev–Trinajstić information content (AvgIpc) is 3.08. The number of carbonyl (C=O) groups is 1. The minimum absolute atomic E-state index is 0.0931. The number of hydrogen-bond donors (Lipinski definition) is 3. The summed E-state index contributed by atoms with van der Waals surface area (Å²) in [6.07, 6.45) is 1.62. The number of aryl methyl sites for hydroxylation is 2. The Morgan fingerprint density at radius 3 is 2.67 bits per heavy atom. The summed E-state index contributed by atoms with van der Waals surface area (Å²) >= 11 is 5.10. The predicted octanol–water partition coefficient (Wildman–Crippen LogP) is 3.74. The van der Waals surface area contributed by atoms with Crippen molar-refractivity contribution in [2.45, 2.75) is 39.2 Å². The van der Waals surface area contributed by atoms with Gasteiger partial charge in [0.15, 0.2) is 5.78 Å². The van der Waals surface area contributed by atoms with Crippen molar-refractivity contribution in [3.05, 3.63) is 51.7 Å². The van der Waals surface area contributed by atoms with E-state index in [0.717, 1.165) is 29.8 Å². The Hall–Kier alpha value is -1.44. The number of aliphatic hydroxyl groups is 1. The molecule has 0 bridgehead atoms. The molecular weight excluding hydrogens is 386 g/mol. The van der Waals surface area contributed by atoms with Gasteiger partial charge in [-0.3, -0.25) is 9.45 Å². The second kappa shape index (κ2) is 13.7. The van der Waals surface area contributed by atoms with Crippen molar-refractivity contribution >= 4 is 29.0 Å². The van der Waals surface area contributed by atoms with E-state index in [1.54, 1.807) is 0 Å². The Balaban J connectivity index is 0.00000176. The van der Waals surface area contributed by atoms with Crippen LogP contribution in [-0.2, 0) is 6.42 Å². The summed E-state index contributed by atoms with van der Waals surface area (Å²) in [6, 6.07) is 11.9. The zero-order valence-electron chi connectivity index (χ0n) is 15.8. The Morgan fingerprint density at radius 1 is 1.30 bits per heavy atom. The molecule has 0 spiro atoms. The molecular formula is C20H28ClNO4S. The first kappa shape index (κ1) is 23.6. The fourth-order valence-corrected chi connectivity index (χ4v) is 3.42. The highest BCUT2D eigenvalue weighted by Crippen LogP contribution is 2.30. The van der Waals surface area contributed by atoms with Gasteiger partial charge in [-0.05, 0) is 37.9 Å². The first-order chi connectivity index (χ1) is 13.1. The fraction of sp³-hybridized carbons (Fsp3) is 0.450. The van der Waals surface area contributed by atoms with Crippen LogP contribution in [0.15, 0.2) is 36.4 Å². The van der Waals surface area contributed by atoms with Crippen LogP contribution in [0.5, 0.6) is 5.75 Å². The molecule has 0 aliphatic rings. The van der Waals surface area contributed by atoms with Gasteiger partial charge >= 0.3 is 0 Å². The maximum Gasteiger partial charge on any atom is 0.176 e. The molecule has 0 aliphatic heterocycles. The second-order valence-corrected chi connectivity index (χ2v) is 7.38.